The minimum atomic E-state index is -1.11. The molecule has 0 bridgehead atoms. The maximum atomic E-state index is 13.4. The fraction of sp³-hybridized carbons (Fsp3) is 0.179. The van der Waals surface area contributed by atoms with Crippen LogP contribution < -0.4 is 4.90 Å². The monoisotopic (exact) mass is 484 g/mol. The van der Waals surface area contributed by atoms with Crippen LogP contribution in [-0.4, -0.2) is 35.3 Å². The van der Waals surface area contributed by atoms with Crippen molar-refractivity contribution in [3.8, 4) is 11.1 Å². The zero-order chi connectivity index (χ0) is 24.4. The molecule has 176 valence electrons. The van der Waals surface area contributed by atoms with E-state index in [9.17, 15) is 14.7 Å². The number of ether oxygens (including phenoxy) is 1. The van der Waals surface area contributed by atoms with Crippen LogP contribution in [0.3, 0.4) is 0 Å². The summed E-state index contributed by atoms with van der Waals surface area (Å²) in [6.07, 6.45) is 0.0555. The van der Waals surface area contributed by atoms with E-state index in [0.717, 1.165) is 27.8 Å². The fourth-order valence-electron chi connectivity index (χ4n) is 4.52. The van der Waals surface area contributed by atoms with Crippen LogP contribution in [0.25, 0.3) is 11.1 Å². The Kier molecular flexibility index (Phi) is 6.33. The number of amides is 1. The van der Waals surface area contributed by atoms with Gasteiger partial charge in [0, 0.05) is 17.3 Å². The van der Waals surface area contributed by atoms with Gasteiger partial charge >= 0.3 is 12.1 Å². The molecule has 7 heteroatoms. The van der Waals surface area contributed by atoms with Gasteiger partial charge in [-0.2, -0.15) is 0 Å². The van der Waals surface area contributed by atoms with Gasteiger partial charge in [0.2, 0.25) is 0 Å². The molecule has 0 spiro atoms. The highest BCUT2D eigenvalue weighted by atomic mass is 32.1. The van der Waals surface area contributed by atoms with Gasteiger partial charge in [-0.15, -0.1) is 11.3 Å². The maximum Gasteiger partial charge on any atom is 0.416 e. The summed E-state index contributed by atoms with van der Waals surface area (Å²) in [6.45, 7) is 2.20. The third-order valence-corrected chi connectivity index (χ3v) is 7.24. The number of hydrogen-bond donors (Lipinski definition) is 1. The van der Waals surface area contributed by atoms with E-state index in [1.807, 2.05) is 54.6 Å². The molecule has 3 aromatic carbocycles. The largest absolute Gasteiger partial charge is 0.476 e. The summed E-state index contributed by atoms with van der Waals surface area (Å²) in [5, 5.41) is 9.78. The number of carboxylic acid groups (broad SMARTS) is 1. The number of anilines is 1. The third kappa shape index (κ3) is 4.55. The van der Waals surface area contributed by atoms with Gasteiger partial charge in [0.15, 0.2) is 10.8 Å². The third-order valence-electron chi connectivity index (χ3n) is 6.24. The Morgan fingerprint density at radius 3 is 2.14 bits per heavy atom. The predicted molar refractivity (Wildman–Crippen MR) is 136 cm³/mol. The predicted octanol–water partition coefficient (Wildman–Crippen LogP) is 6.15. The van der Waals surface area contributed by atoms with E-state index in [-0.39, 0.29) is 18.2 Å². The summed E-state index contributed by atoms with van der Waals surface area (Å²) >= 11 is 1.18. The standard InChI is InChI=1S/C28H24N2O4S/c1-18-25(26(31)32)29-27(35-18)30(16-15-19-9-3-2-4-10-19)28(33)34-17-24-22-13-7-5-11-20(22)21-12-6-8-14-23(21)24/h2-14,24H,15-17H2,1H3,(H,31,32). The topological polar surface area (TPSA) is 79.7 Å². The number of aromatic carboxylic acids is 1. The van der Waals surface area contributed by atoms with E-state index < -0.39 is 12.1 Å². The number of hydrogen-bond acceptors (Lipinski definition) is 5. The van der Waals surface area contributed by atoms with Crippen molar-refractivity contribution in [2.75, 3.05) is 18.1 Å². The van der Waals surface area contributed by atoms with E-state index in [2.05, 4.69) is 29.2 Å². The van der Waals surface area contributed by atoms with Crippen molar-refractivity contribution in [3.63, 3.8) is 0 Å². The Balaban J connectivity index is 1.39. The molecule has 0 saturated heterocycles. The molecule has 4 aromatic rings. The van der Waals surface area contributed by atoms with Gasteiger partial charge in [-0.25, -0.2) is 14.6 Å². The normalized spacial score (nSPS) is 12.1. The highest BCUT2D eigenvalue weighted by molar-refractivity contribution is 7.16. The molecular weight excluding hydrogens is 460 g/mol. The molecular formula is C28H24N2O4S. The summed E-state index contributed by atoms with van der Waals surface area (Å²) in [5.41, 5.74) is 5.61. The average Bonchev–Trinajstić information content (AvgIpc) is 3.41. The molecule has 1 aliphatic rings. The summed E-state index contributed by atoms with van der Waals surface area (Å²) in [4.78, 5) is 31.1. The number of thiazole rings is 1. The summed E-state index contributed by atoms with van der Waals surface area (Å²) < 4.78 is 5.86. The van der Waals surface area contributed by atoms with Crippen LogP contribution >= 0.6 is 11.3 Å². The lowest BCUT2D eigenvalue weighted by atomic mass is 9.98. The molecule has 1 N–H and O–H groups in total. The van der Waals surface area contributed by atoms with E-state index in [1.165, 1.54) is 16.2 Å². The summed E-state index contributed by atoms with van der Waals surface area (Å²) in [7, 11) is 0. The van der Waals surface area contributed by atoms with Gasteiger partial charge in [-0.3, -0.25) is 4.90 Å². The second kappa shape index (κ2) is 9.72. The smallest absolute Gasteiger partial charge is 0.416 e. The SMILES string of the molecule is Cc1sc(N(CCc2ccccc2)C(=O)OCC2c3ccccc3-c3ccccc32)nc1C(=O)O. The lowest BCUT2D eigenvalue weighted by Gasteiger charge is -2.21. The first-order chi connectivity index (χ1) is 17.0. The minimum absolute atomic E-state index is 0.0406. The number of carbonyl (C=O) groups excluding carboxylic acids is 1. The van der Waals surface area contributed by atoms with Gasteiger partial charge in [-0.05, 0) is 41.2 Å². The molecule has 1 aliphatic carbocycles. The van der Waals surface area contributed by atoms with Crippen molar-refractivity contribution < 1.29 is 19.4 Å². The van der Waals surface area contributed by atoms with Crippen LogP contribution in [0.5, 0.6) is 0 Å². The highest BCUT2D eigenvalue weighted by Crippen LogP contribution is 2.44. The number of carbonyl (C=O) groups is 2. The number of benzene rings is 3. The Morgan fingerprint density at radius 2 is 1.54 bits per heavy atom. The van der Waals surface area contributed by atoms with Gasteiger partial charge in [0.05, 0.1) is 0 Å². The molecule has 0 fully saturated rings. The molecule has 35 heavy (non-hydrogen) atoms. The number of aryl methyl sites for hydroxylation is 1. The fourth-order valence-corrected chi connectivity index (χ4v) is 5.44. The van der Waals surface area contributed by atoms with E-state index in [0.29, 0.717) is 23.0 Å². The quantitative estimate of drug-likeness (QED) is 0.340. The first-order valence-corrected chi connectivity index (χ1v) is 12.2. The molecule has 6 nitrogen and oxygen atoms in total. The van der Waals surface area contributed by atoms with Crippen molar-refractivity contribution in [1.82, 2.24) is 4.98 Å². The van der Waals surface area contributed by atoms with Crippen molar-refractivity contribution in [3.05, 3.63) is 106 Å². The maximum absolute atomic E-state index is 13.4. The molecule has 5 rings (SSSR count). The second-order valence-corrected chi connectivity index (χ2v) is 9.58. The molecule has 0 unspecified atom stereocenters. The Labute approximate surface area is 207 Å². The first-order valence-electron chi connectivity index (χ1n) is 11.4. The second-order valence-electron chi connectivity index (χ2n) is 8.40. The number of nitrogens with zero attached hydrogens (tertiary/aromatic N) is 2. The van der Waals surface area contributed by atoms with Crippen molar-refractivity contribution in [2.24, 2.45) is 0 Å². The van der Waals surface area contributed by atoms with Crippen molar-refractivity contribution in [1.29, 1.82) is 0 Å². The Morgan fingerprint density at radius 1 is 0.943 bits per heavy atom. The van der Waals surface area contributed by atoms with Crippen LogP contribution in [0.4, 0.5) is 9.93 Å². The zero-order valence-corrected chi connectivity index (χ0v) is 20.0. The van der Waals surface area contributed by atoms with Crippen molar-refractivity contribution >= 4 is 28.5 Å². The number of aromatic nitrogens is 1. The lowest BCUT2D eigenvalue weighted by molar-refractivity contribution is 0.0690. The molecule has 1 amide bonds. The van der Waals surface area contributed by atoms with Crippen LogP contribution in [0.2, 0.25) is 0 Å². The van der Waals surface area contributed by atoms with Crippen LogP contribution in [0.15, 0.2) is 78.9 Å². The minimum Gasteiger partial charge on any atom is -0.476 e. The molecule has 0 radical (unpaired) electrons. The molecule has 1 heterocycles. The van der Waals surface area contributed by atoms with Gasteiger partial charge in [0.25, 0.3) is 0 Å². The average molecular weight is 485 g/mol. The number of carboxylic acids is 1. The molecule has 0 aliphatic heterocycles. The Bertz CT molecular complexity index is 1340. The van der Waals surface area contributed by atoms with E-state index in [4.69, 9.17) is 4.74 Å². The van der Waals surface area contributed by atoms with Crippen molar-refractivity contribution in [2.45, 2.75) is 19.3 Å². The summed E-state index contributed by atoms with van der Waals surface area (Å²) in [5.74, 6) is -1.17. The lowest BCUT2D eigenvalue weighted by Crippen LogP contribution is -2.34. The van der Waals surface area contributed by atoms with Gasteiger partial charge in [0.1, 0.15) is 6.61 Å². The molecule has 0 saturated carbocycles. The van der Waals surface area contributed by atoms with E-state index >= 15 is 0 Å². The zero-order valence-electron chi connectivity index (χ0n) is 19.2. The highest BCUT2D eigenvalue weighted by Gasteiger charge is 2.31. The van der Waals surface area contributed by atoms with Gasteiger partial charge < -0.3 is 9.84 Å². The number of fused-ring (bicyclic) bond motifs is 3. The Hall–Kier alpha value is -3.97. The van der Waals surface area contributed by atoms with Gasteiger partial charge in [-0.1, -0.05) is 78.9 Å². The number of rotatable bonds is 7. The van der Waals surface area contributed by atoms with Crippen LogP contribution in [0.1, 0.15) is 38.0 Å². The summed E-state index contributed by atoms with van der Waals surface area (Å²) in [6, 6.07) is 26.2. The van der Waals surface area contributed by atoms with Crippen LogP contribution in [0, 0.1) is 6.92 Å². The molecule has 1 aromatic heterocycles. The first kappa shape index (κ1) is 22.8. The van der Waals surface area contributed by atoms with E-state index in [1.54, 1.807) is 6.92 Å². The van der Waals surface area contributed by atoms with Crippen LogP contribution in [-0.2, 0) is 11.2 Å². The molecule has 0 atom stereocenters.